The minimum Gasteiger partial charge on any atom is -0.466 e. The maximum atomic E-state index is 11.4. The zero-order valence-electron chi connectivity index (χ0n) is 13.1. The van der Waals surface area contributed by atoms with Gasteiger partial charge >= 0.3 is 5.97 Å². The van der Waals surface area contributed by atoms with Gasteiger partial charge in [-0.25, -0.2) is 9.97 Å². The minimum absolute atomic E-state index is 0.145. The van der Waals surface area contributed by atoms with Crippen molar-refractivity contribution in [2.45, 2.75) is 26.3 Å². The van der Waals surface area contributed by atoms with Crippen molar-refractivity contribution < 1.29 is 14.3 Å². The third-order valence-electron chi connectivity index (χ3n) is 3.72. The Morgan fingerprint density at radius 2 is 2.23 bits per heavy atom. The molecule has 0 saturated carbocycles. The largest absolute Gasteiger partial charge is 0.466 e. The molecule has 0 aromatic carbocycles. The van der Waals surface area contributed by atoms with Gasteiger partial charge in [-0.2, -0.15) is 0 Å². The number of aldehydes is 1. The second kappa shape index (κ2) is 7.84. The summed E-state index contributed by atoms with van der Waals surface area (Å²) in [6.45, 7) is 7.61. The molecule has 22 heavy (non-hydrogen) atoms. The van der Waals surface area contributed by atoms with E-state index in [4.69, 9.17) is 4.74 Å². The summed E-state index contributed by atoms with van der Waals surface area (Å²) in [7, 11) is 0. The molecule has 1 aliphatic heterocycles. The van der Waals surface area contributed by atoms with Crippen LogP contribution in [0.1, 0.15) is 30.8 Å². The molecule has 1 atom stereocenters. The van der Waals surface area contributed by atoms with Gasteiger partial charge in [0.2, 0.25) is 0 Å². The molecule has 7 heteroatoms. The Morgan fingerprint density at radius 1 is 1.41 bits per heavy atom. The highest BCUT2D eigenvalue weighted by atomic mass is 16.5. The fraction of sp³-hybridized carbons (Fsp3) is 0.600. The Kier molecular flexibility index (Phi) is 5.83. The lowest BCUT2D eigenvalue weighted by molar-refractivity contribution is -0.143. The zero-order chi connectivity index (χ0) is 15.9. The molecule has 7 nitrogen and oxygen atoms in total. The number of esters is 1. The Balaban J connectivity index is 1.86. The van der Waals surface area contributed by atoms with Crippen LogP contribution in [0.4, 0.5) is 5.82 Å². The van der Waals surface area contributed by atoms with Gasteiger partial charge in [0.05, 0.1) is 25.4 Å². The van der Waals surface area contributed by atoms with Crippen molar-refractivity contribution >= 4 is 18.1 Å². The van der Waals surface area contributed by atoms with E-state index in [9.17, 15) is 9.59 Å². The molecule has 1 fully saturated rings. The Labute approximate surface area is 130 Å². The van der Waals surface area contributed by atoms with Crippen LogP contribution in [0.15, 0.2) is 12.4 Å². The Hall–Kier alpha value is -2.02. The summed E-state index contributed by atoms with van der Waals surface area (Å²) in [5.74, 6) is 0.635. The van der Waals surface area contributed by atoms with Crippen molar-refractivity contribution in [2.75, 3.05) is 37.7 Å². The van der Waals surface area contributed by atoms with Crippen LogP contribution >= 0.6 is 0 Å². The first-order valence-electron chi connectivity index (χ1n) is 7.56. The first-order chi connectivity index (χ1) is 10.6. The van der Waals surface area contributed by atoms with Gasteiger partial charge in [-0.15, -0.1) is 0 Å². The van der Waals surface area contributed by atoms with Crippen LogP contribution in [0.25, 0.3) is 0 Å². The second-order valence-corrected chi connectivity index (χ2v) is 5.32. The average molecular weight is 306 g/mol. The first kappa shape index (κ1) is 16.4. The average Bonchev–Trinajstić information content (AvgIpc) is 2.53. The lowest BCUT2D eigenvalue weighted by Gasteiger charge is -2.40. The summed E-state index contributed by atoms with van der Waals surface area (Å²) in [6, 6.07) is 0.271. The lowest BCUT2D eigenvalue weighted by atomic mass is 10.2. The van der Waals surface area contributed by atoms with Gasteiger partial charge in [-0.3, -0.25) is 14.5 Å². The van der Waals surface area contributed by atoms with Crippen molar-refractivity contribution in [1.82, 2.24) is 14.9 Å². The fourth-order valence-corrected chi connectivity index (χ4v) is 2.60. The molecule has 120 valence electrons. The minimum atomic E-state index is -0.145. The first-order valence-corrected chi connectivity index (χ1v) is 7.56. The van der Waals surface area contributed by atoms with Gasteiger partial charge in [-0.1, -0.05) is 0 Å². The van der Waals surface area contributed by atoms with Crippen LogP contribution in [-0.4, -0.2) is 66.0 Å². The highest BCUT2D eigenvalue weighted by molar-refractivity contribution is 5.71. The maximum Gasteiger partial charge on any atom is 0.307 e. The predicted octanol–water partition coefficient (Wildman–Crippen LogP) is 0.753. The van der Waals surface area contributed by atoms with E-state index in [0.29, 0.717) is 31.6 Å². The third kappa shape index (κ3) is 4.24. The molecule has 1 aromatic rings. The summed E-state index contributed by atoms with van der Waals surface area (Å²) in [5.41, 5.74) is 0.337. The quantitative estimate of drug-likeness (QED) is 0.567. The van der Waals surface area contributed by atoms with Crippen LogP contribution in [-0.2, 0) is 9.53 Å². The number of hydrogen-bond acceptors (Lipinski definition) is 7. The Morgan fingerprint density at radius 3 is 2.82 bits per heavy atom. The number of ether oxygens (including phenoxy) is 1. The molecule has 0 unspecified atom stereocenters. The highest BCUT2D eigenvalue weighted by Gasteiger charge is 2.25. The van der Waals surface area contributed by atoms with E-state index < -0.39 is 0 Å². The van der Waals surface area contributed by atoms with E-state index in [-0.39, 0.29) is 12.0 Å². The lowest BCUT2D eigenvalue weighted by Crippen LogP contribution is -2.52. The number of anilines is 1. The maximum absolute atomic E-state index is 11.4. The van der Waals surface area contributed by atoms with Crippen molar-refractivity contribution in [1.29, 1.82) is 0 Å². The predicted molar refractivity (Wildman–Crippen MR) is 81.9 cm³/mol. The molecular formula is C15H22N4O3. The third-order valence-corrected chi connectivity index (χ3v) is 3.72. The van der Waals surface area contributed by atoms with Gasteiger partial charge in [-0.05, 0) is 13.8 Å². The molecule has 2 heterocycles. The van der Waals surface area contributed by atoms with Gasteiger partial charge < -0.3 is 9.64 Å². The van der Waals surface area contributed by atoms with E-state index in [2.05, 4.69) is 26.7 Å². The second-order valence-electron chi connectivity index (χ2n) is 5.32. The van der Waals surface area contributed by atoms with Crippen molar-refractivity contribution in [3.63, 3.8) is 0 Å². The van der Waals surface area contributed by atoms with Gasteiger partial charge in [0.15, 0.2) is 6.29 Å². The van der Waals surface area contributed by atoms with Crippen LogP contribution in [0.5, 0.6) is 0 Å². The number of nitrogens with zero attached hydrogens (tertiary/aromatic N) is 4. The normalized spacial score (nSPS) is 19.0. The van der Waals surface area contributed by atoms with E-state index in [1.54, 1.807) is 6.20 Å². The van der Waals surface area contributed by atoms with Crippen molar-refractivity contribution in [2.24, 2.45) is 0 Å². The summed E-state index contributed by atoms with van der Waals surface area (Å²) in [5, 5.41) is 0. The van der Waals surface area contributed by atoms with Gasteiger partial charge in [0.1, 0.15) is 11.5 Å². The van der Waals surface area contributed by atoms with Crippen LogP contribution in [0.3, 0.4) is 0 Å². The summed E-state index contributed by atoms with van der Waals surface area (Å²) in [4.78, 5) is 34.8. The molecule has 0 radical (unpaired) electrons. The van der Waals surface area contributed by atoms with E-state index in [1.807, 2.05) is 6.92 Å². The van der Waals surface area contributed by atoms with Crippen molar-refractivity contribution in [3.8, 4) is 0 Å². The molecule has 1 saturated heterocycles. The molecule has 0 amide bonds. The van der Waals surface area contributed by atoms with Gasteiger partial charge in [0.25, 0.3) is 0 Å². The molecule has 1 aromatic heterocycles. The summed E-state index contributed by atoms with van der Waals surface area (Å²) < 4.78 is 4.95. The van der Waals surface area contributed by atoms with Crippen LogP contribution in [0.2, 0.25) is 0 Å². The van der Waals surface area contributed by atoms with Crippen LogP contribution < -0.4 is 4.90 Å². The topological polar surface area (TPSA) is 75.6 Å². The molecule has 1 aliphatic rings. The fourth-order valence-electron chi connectivity index (χ4n) is 2.60. The molecule has 0 bridgehead atoms. The number of piperazine rings is 1. The van der Waals surface area contributed by atoms with Gasteiger partial charge in [0, 0.05) is 32.2 Å². The monoisotopic (exact) mass is 306 g/mol. The smallest absolute Gasteiger partial charge is 0.307 e. The van der Waals surface area contributed by atoms with E-state index in [1.165, 1.54) is 6.20 Å². The number of carbonyl (C=O) groups is 2. The molecule has 2 rings (SSSR count). The van der Waals surface area contributed by atoms with Crippen LogP contribution in [0, 0.1) is 0 Å². The summed E-state index contributed by atoms with van der Waals surface area (Å²) in [6.07, 6.45) is 4.23. The number of rotatable bonds is 6. The number of hydrogen-bond donors (Lipinski definition) is 0. The molecule has 0 N–H and O–H groups in total. The molecule has 0 aliphatic carbocycles. The molecule has 0 spiro atoms. The van der Waals surface area contributed by atoms with Crippen molar-refractivity contribution in [3.05, 3.63) is 18.1 Å². The number of carbonyl (C=O) groups excluding carboxylic acids is 2. The Bertz CT molecular complexity index is 506. The highest BCUT2D eigenvalue weighted by Crippen LogP contribution is 2.17. The summed E-state index contributed by atoms with van der Waals surface area (Å²) >= 11 is 0. The molecular weight excluding hydrogens is 284 g/mol. The zero-order valence-corrected chi connectivity index (χ0v) is 13.1. The number of aromatic nitrogens is 2. The SMILES string of the molecule is CCOC(=O)CCN1CCN(c2cnc(C=O)cn2)[C@@H](C)C1. The van der Waals surface area contributed by atoms with E-state index >= 15 is 0 Å². The van der Waals surface area contributed by atoms with E-state index in [0.717, 1.165) is 25.5 Å². The standard InChI is InChI=1S/C15H22N4O3/c1-3-22-15(21)4-5-18-6-7-19(12(2)10-18)14-9-16-13(11-20)8-17-14/h8-9,11-12H,3-7,10H2,1-2H3/t12-/m0/s1.